The van der Waals surface area contributed by atoms with Gasteiger partial charge in [0.05, 0.1) is 21.9 Å². The lowest BCUT2D eigenvalue weighted by Gasteiger charge is -2.27. The number of hydrogen-bond donors (Lipinski definition) is 2. The molecule has 1 aliphatic rings. The van der Waals surface area contributed by atoms with Gasteiger partial charge in [-0.05, 0) is 65.2 Å². The first-order valence-electron chi connectivity index (χ1n) is 11.2. The van der Waals surface area contributed by atoms with E-state index in [1.807, 2.05) is 13.0 Å². The molecule has 2 N–H and O–H groups in total. The van der Waals surface area contributed by atoms with E-state index in [-0.39, 0.29) is 17.7 Å². The lowest BCUT2D eigenvalue weighted by molar-refractivity contribution is -0.118. The smallest absolute Gasteiger partial charge is 0.262 e. The second-order valence-corrected chi connectivity index (χ2v) is 10.5. The third kappa shape index (κ3) is 7.12. The van der Waals surface area contributed by atoms with Crippen LogP contribution in [0.15, 0.2) is 34.1 Å². The molecule has 9 heteroatoms. The van der Waals surface area contributed by atoms with Crippen molar-refractivity contribution >= 4 is 50.7 Å². The average molecular weight is 536 g/mol. The molecule has 1 aromatic heterocycles. The van der Waals surface area contributed by atoms with Gasteiger partial charge in [0.25, 0.3) is 11.8 Å². The van der Waals surface area contributed by atoms with Crippen LogP contribution in [0.3, 0.4) is 0 Å². The number of morpholine rings is 1. The number of amides is 3. The zero-order chi connectivity index (χ0) is 23.8. The largest absolute Gasteiger partial charge is 0.378 e. The highest BCUT2D eigenvalue weighted by atomic mass is 79.9. The van der Waals surface area contributed by atoms with Gasteiger partial charge in [-0.15, -0.1) is 11.3 Å². The second kappa shape index (κ2) is 12.3. The van der Waals surface area contributed by atoms with E-state index >= 15 is 0 Å². The maximum absolute atomic E-state index is 13.0. The van der Waals surface area contributed by atoms with E-state index in [9.17, 15) is 14.4 Å². The Kier molecular flexibility index (Phi) is 9.46. The molecule has 2 heterocycles. The fourth-order valence-electron chi connectivity index (χ4n) is 3.68. The summed E-state index contributed by atoms with van der Waals surface area (Å²) in [6.07, 6.45) is 3.42. The molecule has 0 spiro atoms. The Morgan fingerprint density at radius 1 is 1.15 bits per heavy atom. The molecule has 1 atom stereocenters. The third-order valence-electron chi connectivity index (χ3n) is 5.54. The van der Waals surface area contributed by atoms with E-state index in [1.165, 1.54) is 11.3 Å². The Morgan fingerprint density at radius 2 is 1.91 bits per heavy atom. The number of hydrogen-bond acceptors (Lipinski definition) is 5. The number of thiophene rings is 1. The molecule has 0 saturated carbocycles. The molecule has 1 aromatic carbocycles. The molecule has 0 radical (unpaired) electrons. The number of anilines is 1. The fraction of sp³-hybridized carbons (Fsp3) is 0.458. The highest BCUT2D eigenvalue weighted by molar-refractivity contribution is 9.11. The van der Waals surface area contributed by atoms with Crippen molar-refractivity contribution in [1.82, 2.24) is 10.2 Å². The number of rotatable bonds is 9. The van der Waals surface area contributed by atoms with Crippen LogP contribution in [-0.4, -0.2) is 55.0 Å². The van der Waals surface area contributed by atoms with Crippen molar-refractivity contribution in [3.8, 4) is 0 Å². The van der Waals surface area contributed by atoms with Crippen LogP contribution in [0, 0.1) is 6.92 Å². The molecule has 1 aliphatic heterocycles. The van der Waals surface area contributed by atoms with Gasteiger partial charge in [-0.1, -0.05) is 26.2 Å². The van der Waals surface area contributed by atoms with E-state index in [2.05, 4.69) is 33.5 Å². The van der Waals surface area contributed by atoms with Crippen molar-refractivity contribution in [2.24, 2.45) is 0 Å². The number of aryl methyl sites for hydroxylation is 1. The van der Waals surface area contributed by atoms with Gasteiger partial charge < -0.3 is 20.3 Å². The molecule has 7 nitrogen and oxygen atoms in total. The van der Waals surface area contributed by atoms with Gasteiger partial charge in [-0.3, -0.25) is 14.4 Å². The van der Waals surface area contributed by atoms with Crippen molar-refractivity contribution in [2.75, 3.05) is 31.6 Å². The third-order valence-corrected chi connectivity index (χ3v) is 7.16. The first-order valence-corrected chi connectivity index (χ1v) is 12.8. The van der Waals surface area contributed by atoms with Gasteiger partial charge in [0.15, 0.2) is 0 Å². The summed E-state index contributed by atoms with van der Waals surface area (Å²) in [6.45, 7) is 6.21. The number of carbonyl (C=O) groups is 3. The highest BCUT2D eigenvalue weighted by Gasteiger charge is 2.23. The lowest BCUT2D eigenvalue weighted by Crippen LogP contribution is -2.43. The molecule has 3 rings (SSSR count). The topological polar surface area (TPSA) is 87.7 Å². The minimum atomic E-state index is -0.639. The van der Waals surface area contributed by atoms with Gasteiger partial charge in [0, 0.05) is 24.3 Å². The molecule has 33 heavy (non-hydrogen) atoms. The van der Waals surface area contributed by atoms with Gasteiger partial charge in [0.2, 0.25) is 5.91 Å². The number of ether oxygens (including phenoxy) is 1. The minimum Gasteiger partial charge on any atom is -0.378 e. The predicted octanol–water partition coefficient (Wildman–Crippen LogP) is 4.61. The van der Waals surface area contributed by atoms with Crippen molar-refractivity contribution in [3.63, 3.8) is 0 Å². The first-order chi connectivity index (χ1) is 15.9. The number of nitrogens with zero attached hydrogens (tertiary/aromatic N) is 1. The summed E-state index contributed by atoms with van der Waals surface area (Å²) >= 11 is 4.69. The fourth-order valence-corrected chi connectivity index (χ4v) is 4.97. The maximum atomic E-state index is 13.0. The summed E-state index contributed by atoms with van der Waals surface area (Å²) in [5.74, 6) is -0.549. The summed E-state index contributed by atoms with van der Waals surface area (Å²) < 4.78 is 6.18. The first kappa shape index (κ1) is 25.4. The van der Waals surface area contributed by atoms with E-state index in [0.717, 1.165) is 28.6 Å². The number of nitrogens with one attached hydrogen (secondary N) is 2. The second-order valence-electron chi connectivity index (χ2n) is 8.05. The van der Waals surface area contributed by atoms with E-state index in [0.29, 0.717) is 48.9 Å². The Balaban J connectivity index is 1.67. The molecular formula is C24H30BrN3O4S. The molecule has 2 aromatic rings. The molecule has 0 bridgehead atoms. The van der Waals surface area contributed by atoms with Gasteiger partial charge >= 0.3 is 0 Å². The van der Waals surface area contributed by atoms with Crippen LogP contribution in [0.25, 0.3) is 0 Å². The standard InChI is InChI=1S/C24H30BrN3O4S/c1-3-4-5-6-19(27-23(30)20-9-10-21(25)33-20)22(29)26-17-7-8-18(16(2)15-17)24(31)28-11-13-32-14-12-28/h7-10,15,19H,3-6,11-14H2,1-2H3,(H,26,29)(H,27,30). The van der Waals surface area contributed by atoms with Crippen LogP contribution in [0.5, 0.6) is 0 Å². The maximum Gasteiger partial charge on any atom is 0.262 e. The van der Waals surface area contributed by atoms with Crippen molar-refractivity contribution in [1.29, 1.82) is 0 Å². The number of carbonyl (C=O) groups excluding carboxylic acids is 3. The SMILES string of the molecule is CCCCCC(NC(=O)c1ccc(Br)s1)C(=O)Nc1ccc(C(=O)N2CCOCC2)c(C)c1. The normalized spacial score (nSPS) is 14.6. The Hall–Kier alpha value is -2.23. The summed E-state index contributed by atoms with van der Waals surface area (Å²) in [5.41, 5.74) is 2.01. The molecule has 0 aliphatic carbocycles. The zero-order valence-corrected chi connectivity index (χ0v) is 21.4. The molecule has 1 fully saturated rings. The highest BCUT2D eigenvalue weighted by Crippen LogP contribution is 2.22. The summed E-state index contributed by atoms with van der Waals surface area (Å²) in [6, 6.07) is 8.19. The Labute approximate surface area is 207 Å². The van der Waals surface area contributed by atoms with Crippen LogP contribution in [-0.2, 0) is 9.53 Å². The van der Waals surface area contributed by atoms with Crippen LogP contribution in [0.1, 0.15) is 58.2 Å². The van der Waals surface area contributed by atoms with Gasteiger partial charge in [0.1, 0.15) is 6.04 Å². The molecule has 3 amide bonds. The van der Waals surface area contributed by atoms with Crippen LogP contribution < -0.4 is 10.6 Å². The quantitative estimate of drug-likeness (QED) is 0.459. The number of unbranched alkanes of at least 4 members (excludes halogenated alkanes) is 2. The van der Waals surface area contributed by atoms with Crippen LogP contribution in [0.2, 0.25) is 0 Å². The molecule has 178 valence electrons. The van der Waals surface area contributed by atoms with Crippen LogP contribution in [0.4, 0.5) is 5.69 Å². The van der Waals surface area contributed by atoms with E-state index in [1.54, 1.807) is 29.2 Å². The molecular weight excluding hydrogens is 506 g/mol. The predicted molar refractivity (Wildman–Crippen MR) is 134 cm³/mol. The molecule has 1 unspecified atom stereocenters. The monoisotopic (exact) mass is 535 g/mol. The number of benzene rings is 1. The van der Waals surface area contributed by atoms with Crippen LogP contribution >= 0.6 is 27.3 Å². The van der Waals surface area contributed by atoms with E-state index < -0.39 is 6.04 Å². The number of halogens is 1. The van der Waals surface area contributed by atoms with Gasteiger partial charge in [-0.25, -0.2) is 0 Å². The summed E-state index contributed by atoms with van der Waals surface area (Å²) in [5, 5.41) is 5.79. The molecule has 1 saturated heterocycles. The zero-order valence-electron chi connectivity index (χ0n) is 19.0. The van der Waals surface area contributed by atoms with Crippen molar-refractivity contribution in [2.45, 2.75) is 45.6 Å². The van der Waals surface area contributed by atoms with E-state index in [4.69, 9.17) is 4.74 Å². The summed E-state index contributed by atoms with van der Waals surface area (Å²) in [4.78, 5) is 40.8. The minimum absolute atomic E-state index is 0.0273. The Bertz CT molecular complexity index is 988. The van der Waals surface area contributed by atoms with Crippen molar-refractivity contribution < 1.29 is 19.1 Å². The summed E-state index contributed by atoms with van der Waals surface area (Å²) in [7, 11) is 0. The lowest BCUT2D eigenvalue weighted by atomic mass is 10.0. The van der Waals surface area contributed by atoms with Crippen molar-refractivity contribution in [3.05, 3.63) is 50.1 Å². The average Bonchev–Trinajstić information content (AvgIpc) is 3.25. The Morgan fingerprint density at radius 3 is 2.55 bits per heavy atom. The van der Waals surface area contributed by atoms with Gasteiger partial charge in [-0.2, -0.15) is 0 Å².